The number of hydrogen-bond donors (Lipinski definition) is 1. The van der Waals surface area contributed by atoms with Crippen LogP contribution in [0, 0.1) is 0 Å². The molecular weight excluding hydrogens is 258 g/mol. The lowest BCUT2D eigenvalue weighted by atomic mass is 10.1. The lowest BCUT2D eigenvalue weighted by molar-refractivity contribution is 0.0692. The minimum Gasteiger partial charge on any atom is -0.478 e. The number of carboxylic acid groups (broad SMARTS) is 1. The van der Waals surface area contributed by atoms with Crippen LogP contribution in [0.1, 0.15) is 35.8 Å². The lowest BCUT2D eigenvalue weighted by Gasteiger charge is -2.09. The van der Waals surface area contributed by atoms with Crippen LogP contribution < -0.4 is 0 Å². The maximum atomic E-state index is 11.3. The van der Waals surface area contributed by atoms with Gasteiger partial charge < -0.3 is 5.11 Å². The number of carbonyl (C=O) groups is 1. The third kappa shape index (κ3) is 3.35. The summed E-state index contributed by atoms with van der Waals surface area (Å²) in [5.41, 5.74) is 1.11. The molecule has 1 N–H and O–H groups in total. The molecule has 2 aromatic rings. The third-order valence-electron chi connectivity index (χ3n) is 2.68. The molecule has 0 saturated carbocycles. The summed E-state index contributed by atoms with van der Waals surface area (Å²) in [5.74, 6) is -0.698. The molecule has 98 valence electrons. The van der Waals surface area contributed by atoms with Gasteiger partial charge in [0.1, 0.15) is 0 Å². The van der Waals surface area contributed by atoms with Gasteiger partial charge in [0, 0.05) is 21.7 Å². The van der Waals surface area contributed by atoms with Crippen molar-refractivity contribution in [3.8, 4) is 0 Å². The first-order chi connectivity index (χ1) is 9.08. The number of aromatic carboxylic acids is 1. The molecule has 0 radical (unpaired) electrons. The highest BCUT2D eigenvalue weighted by atomic mass is 32.2. The highest BCUT2D eigenvalue weighted by Gasteiger charge is 2.14. The van der Waals surface area contributed by atoms with Crippen molar-refractivity contribution in [2.45, 2.75) is 29.6 Å². The maximum absolute atomic E-state index is 11.3. The molecule has 0 amide bonds. The fourth-order valence-electron chi connectivity index (χ4n) is 1.64. The number of aromatic nitrogens is 1. The van der Waals surface area contributed by atoms with Crippen LogP contribution in [0.25, 0.3) is 0 Å². The fourth-order valence-corrected chi connectivity index (χ4v) is 2.55. The predicted molar refractivity (Wildman–Crippen MR) is 75.9 cm³/mol. The van der Waals surface area contributed by atoms with Gasteiger partial charge in [-0.25, -0.2) is 4.79 Å². The lowest BCUT2D eigenvalue weighted by Crippen LogP contribution is -2.03. The standard InChI is InChI=1S/C15H15NO2S/c1-10(2)13-8-12(15(17)18)14(9-16-13)19-11-6-4-3-5-7-11/h3-10H,1-2H3,(H,17,18). The van der Waals surface area contributed by atoms with Crippen LogP contribution >= 0.6 is 11.8 Å². The smallest absolute Gasteiger partial charge is 0.336 e. The zero-order chi connectivity index (χ0) is 13.8. The molecule has 2 rings (SSSR count). The van der Waals surface area contributed by atoms with E-state index in [1.54, 1.807) is 12.3 Å². The molecule has 0 saturated heterocycles. The molecule has 0 bridgehead atoms. The van der Waals surface area contributed by atoms with E-state index in [4.69, 9.17) is 0 Å². The molecule has 0 atom stereocenters. The molecule has 0 aliphatic carbocycles. The second-order valence-electron chi connectivity index (χ2n) is 4.48. The van der Waals surface area contributed by atoms with Crippen LogP contribution in [0.4, 0.5) is 0 Å². The number of pyridine rings is 1. The number of benzene rings is 1. The van der Waals surface area contributed by atoms with E-state index in [2.05, 4.69) is 4.98 Å². The highest BCUT2D eigenvalue weighted by Crippen LogP contribution is 2.31. The molecule has 4 heteroatoms. The second kappa shape index (κ2) is 5.89. The van der Waals surface area contributed by atoms with Gasteiger partial charge in [0.05, 0.1) is 5.56 Å². The van der Waals surface area contributed by atoms with Crippen LogP contribution in [0.5, 0.6) is 0 Å². The molecule has 0 aliphatic rings. The summed E-state index contributed by atoms with van der Waals surface area (Å²) in [4.78, 5) is 17.4. The zero-order valence-electron chi connectivity index (χ0n) is 10.8. The highest BCUT2D eigenvalue weighted by molar-refractivity contribution is 7.99. The first-order valence-corrected chi connectivity index (χ1v) is 6.85. The van der Waals surface area contributed by atoms with Gasteiger partial charge in [-0.15, -0.1) is 0 Å². The summed E-state index contributed by atoms with van der Waals surface area (Å²) >= 11 is 1.42. The summed E-state index contributed by atoms with van der Waals surface area (Å²) in [5, 5.41) is 9.31. The van der Waals surface area contributed by atoms with Gasteiger partial charge in [0.2, 0.25) is 0 Å². The van der Waals surface area contributed by atoms with Crippen molar-refractivity contribution < 1.29 is 9.90 Å². The van der Waals surface area contributed by atoms with Crippen molar-refractivity contribution in [2.24, 2.45) is 0 Å². The molecule has 0 spiro atoms. The fraction of sp³-hybridized carbons (Fsp3) is 0.200. The van der Waals surface area contributed by atoms with E-state index >= 15 is 0 Å². The van der Waals surface area contributed by atoms with Gasteiger partial charge in [-0.3, -0.25) is 4.98 Å². The van der Waals surface area contributed by atoms with Gasteiger partial charge in [0.15, 0.2) is 0 Å². The third-order valence-corrected chi connectivity index (χ3v) is 3.73. The Morgan fingerprint density at radius 3 is 2.53 bits per heavy atom. The first-order valence-electron chi connectivity index (χ1n) is 6.04. The number of rotatable bonds is 4. The van der Waals surface area contributed by atoms with Gasteiger partial charge in [-0.1, -0.05) is 43.8 Å². The normalized spacial score (nSPS) is 10.7. The van der Waals surface area contributed by atoms with Crippen molar-refractivity contribution >= 4 is 17.7 Å². The van der Waals surface area contributed by atoms with Crippen molar-refractivity contribution in [1.29, 1.82) is 0 Å². The molecule has 3 nitrogen and oxygen atoms in total. The summed E-state index contributed by atoms with van der Waals surface area (Å²) in [7, 11) is 0. The summed E-state index contributed by atoms with van der Waals surface area (Å²) in [6, 6.07) is 11.4. The second-order valence-corrected chi connectivity index (χ2v) is 5.60. The Morgan fingerprint density at radius 2 is 1.95 bits per heavy atom. The Balaban J connectivity index is 2.37. The molecule has 19 heavy (non-hydrogen) atoms. The Labute approximate surface area is 116 Å². The minimum absolute atomic E-state index is 0.217. The molecule has 0 fully saturated rings. The first kappa shape index (κ1) is 13.6. The SMILES string of the molecule is CC(C)c1cc(C(=O)O)c(Sc2ccccc2)cn1. The Kier molecular flexibility index (Phi) is 4.22. The molecular formula is C15H15NO2S. The maximum Gasteiger partial charge on any atom is 0.336 e. The Hall–Kier alpha value is -1.81. The van der Waals surface area contributed by atoms with E-state index in [-0.39, 0.29) is 5.92 Å². The van der Waals surface area contributed by atoms with E-state index in [0.29, 0.717) is 10.5 Å². The minimum atomic E-state index is -0.914. The quantitative estimate of drug-likeness (QED) is 0.912. The van der Waals surface area contributed by atoms with Crippen LogP contribution in [-0.2, 0) is 0 Å². The van der Waals surface area contributed by atoms with Crippen molar-refractivity contribution in [3.63, 3.8) is 0 Å². The topological polar surface area (TPSA) is 50.2 Å². The van der Waals surface area contributed by atoms with Gasteiger partial charge in [-0.05, 0) is 24.1 Å². The van der Waals surface area contributed by atoms with Crippen molar-refractivity contribution in [3.05, 3.63) is 53.9 Å². The molecule has 0 unspecified atom stereocenters. The van der Waals surface area contributed by atoms with E-state index in [0.717, 1.165) is 10.6 Å². The molecule has 0 aliphatic heterocycles. The number of nitrogens with zero attached hydrogens (tertiary/aromatic N) is 1. The summed E-state index contributed by atoms with van der Waals surface area (Å²) in [6.07, 6.45) is 1.65. The van der Waals surface area contributed by atoms with E-state index in [1.165, 1.54) is 11.8 Å². The monoisotopic (exact) mass is 273 g/mol. The molecule has 1 aromatic heterocycles. The average molecular weight is 273 g/mol. The van der Waals surface area contributed by atoms with Crippen LogP contribution in [0.3, 0.4) is 0 Å². The zero-order valence-corrected chi connectivity index (χ0v) is 11.6. The average Bonchev–Trinajstić information content (AvgIpc) is 2.39. The van der Waals surface area contributed by atoms with Crippen LogP contribution in [-0.4, -0.2) is 16.1 Å². The van der Waals surface area contributed by atoms with Gasteiger partial charge in [0.25, 0.3) is 0 Å². The molecule has 1 heterocycles. The summed E-state index contributed by atoms with van der Waals surface area (Å²) in [6.45, 7) is 4.00. The number of carboxylic acids is 1. The Morgan fingerprint density at radius 1 is 1.26 bits per heavy atom. The van der Waals surface area contributed by atoms with Gasteiger partial charge >= 0.3 is 5.97 Å². The van der Waals surface area contributed by atoms with Gasteiger partial charge in [-0.2, -0.15) is 0 Å². The van der Waals surface area contributed by atoms with E-state index < -0.39 is 5.97 Å². The van der Waals surface area contributed by atoms with E-state index in [1.807, 2.05) is 44.2 Å². The van der Waals surface area contributed by atoms with E-state index in [9.17, 15) is 9.90 Å². The van der Waals surface area contributed by atoms with Crippen molar-refractivity contribution in [2.75, 3.05) is 0 Å². The van der Waals surface area contributed by atoms with Crippen LogP contribution in [0.2, 0.25) is 0 Å². The Bertz CT molecular complexity index is 582. The largest absolute Gasteiger partial charge is 0.478 e. The summed E-state index contributed by atoms with van der Waals surface area (Å²) < 4.78 is 0. The molecule has 1 aromatic carbocycles. The predicted octanol–water partition coefficient (Wildman–Crippen LogP) is 4.05. The van der Waals surface area contributed by atoms with Crippen molar-refractivity contribution in [1.82, 2.24) is 4.98 Å². The van der Waals surface area contributed by atoms with Crippen LogP contribution in [0.15, 0.2) is 52.4 Å². The number of hydrogen-bond acceptors (Lipinski definition) is 3.